The first-order valence-corrected chi connectivity index (χ1v) is 9.04. The van der Waals surface area contributed by atoms with Crippen LogP contribution < -0.4 is 20.2 Å². The van der Waals surface area contributed by atoms with Crippen LogP contribution in [-0.4, -0.2) is 41.9 Å². The third-order valence-electron chi connectivity index (χ3n) is 4.13. The molecule has 2 heterocycles. The van der Waals surface area contributed by atoms with Gasteiger partial charge in [0, 0.05) is 12.1 Å². The molecule has 0 aliphatic carbocycles. The fraction of sp³-hybridized carbons (Fsp3) is 0.353. The largest absolute Gasteiger partial charge is 0.493 e. The zero-order chi connectivity index (χ0) is 19.4. The van der Waals surface area contributed by atoms with E-state index < -0.39 is 0 Å². The second-order valence-electron chi connectivity index (χ2n) is 5.82. The number of para-hydroxylation sites is 1. The van der Waals surface area contributed by atoms with Crippen molar-refractivity contribution in [1.82, 2.24) is 15.6 Å². The minimum absolute atomic E-state index is 0.177. The van der Waals surface area contributed by atoms with Gasteiger partial charge in [-0.3, -0.25) is 9.59 Å². The van der Waals surface area contributed by atoms with Gasteiger partial charge >= 0.3 is 0 Å². The lowest BCUT2D eigenvalue weighted by molar-refractivity contribution is -0.122. The quantitative estimate of drug-likeness (QED) is 0.749. The maximum absolute atomic E-state index is 12.2. The molecule has 10 heteroatoms. The van der Waals surface area contributed by atoms with E-state index in [-0.39, 0.29) is 24.2 Å². The molecule has 0 saturated carbocycles. The van der Waals surface area contributed by atoms with Gasteiger partial charge in [0.15, 0.2) is 16.5 Å². The summed E-state index contributed by atoms with van der Waals surface area (Å²) in [7, 11) is 3.11. The summed E-state index contributed by atoms with van der Waals surface area (Å²) in [5, 5.41) is 15.7. The van der Waals surface area contributed by atoms with Gasteiger partial charge in [-0.1, -0.05) is 17.4 Å². The van der Waals surface area contributed by atoms with Gasteiger partial charge in [-0.05, 0) is 25.5 Å². The van der Waals surface area contributed by atoms with E-state index in [4.69, 9.17) is 9.47 Å². The van der Waals surface area contributed by atoms with E-state index in [1.54, 1.807) is 27.2 Å². The first kappa shape index (κ1) is 18.8. The third-order valence-corrected chi connectivity index (χ3v) is 5.00. The van der Waals surface area contributed by atoms with Crippen LogP contribution in [0.4, 0.5) is 5.13 Å². The number of rotatable bonds is 7. The van der Waals surface area contributed by atoms with Crippen LogP contribution in [0.2, 0.25) is 0 Å². The average Bonchev–Trinajstić information content (AvgIpc) is 3.26. The number of hydrogen-bond donors (Lipinski definition) is 2. The number of amides is 2. The SMILES string of the molecule is COc1cccc(-c2nnc(NC(=O)CCC3C(=O)NN=C3C)s2)c1OC. The number of methoxy groups -OCH3 is 2. The number of hydrazone groups is 1. The molecule has 2 amide bonds. The van der Waals surface area contributed by atoms with Crippen LogP contribution in [0.1, 0.15) is 19.8 Å². The molecule has 3 rings (SSSR count). The van der Waals surface area contributed by atoms with Crippen molar-refractivity contribution in [2.75, 3.05) is 19.5 Å². The molecule has 1 aromatic heterocycles. The standard InChI is InChI=1S/C17H19N5O4S/c1-9-10(15(24)20-19-9)7-8-13(23)18-17-22-21-16(27-17)11-5-4-6-12(25-2)14(11)26-3/h4-6,10H,7-8H2,1-3H3,(H,20,24)(H,18,22,23). The summed E-state index contributed by atoms with van der Waals surface area (Å²) in [5.41, 5.74) is 3.83. The van der Waals surface area contributed by atoms with E-state index >= 15 is 0 Å². The highest BCUT2D eigenvalue weighted by Gasteiger charge is 2.27. The number of nitrogens with one attached hydrogen (secondary N) is 2. The van der Waals surface area contributed by atoms with Crippen LogP contribution in [0.3, 0.4) is 0 Å². The van der Waals surface area contributed by atoms with Gasteiger partial charge in [0.1, 0.15) is 0 Å². The highest BCUT2D eigenvalue weighted by atomic mass is 32.1. The Morgan fingerprint density at radius 3 is 2.78 bits per heavy atom. The summed E-state index contributed by atoms with van der Waals surface area (Å²) in [5.74, 6) is 0.367. The Morgan fingerprint density at radius 2 is 2.11 bits per heavy atom. The molecule has 2 aromatic rings. The molecule has 1 aliphatic heterocycles. The number of anilines is 1. The first-order valence-electron chi connectivity index (χ1n) is 8.22. The van der Waals surface area contributed by atoms with Gasteiger partial charge in [0.2, 0.25) is 16.9 Å². The van der Waals surface area contributed by atoms with Crippen LogP contribution >= 0.6 is 11.3 Å². The van der Waals surface area contributed by atoms with Gasteiger partial charge < -0.3 is 14.8 Å². The van der Waals surface area contributed by atoms with Gasteiger partial charge in [-0.2, -0.15) is 5.10 Å². The number of ether oxygens (including phenoxy) is 2. The molecular weight excluding hydrogens is 370 g/mol. The van der Waals surface area contributed by atoms with Crippen molar-refractivity contribution < 1.29 is 19.1 Å². The summed E-state index contributed by atoms with van der Waals surface area (Å²) < 4.78 is 10.7. The monoisotopic (exact) mass is 389 g/mol. The maximum atomic E-state index is 12.2. The minimum atomic E-state index is -0.359. The highest BCUT2D eigenvalue weighted by Crippen LogP contribution is 2.39. The van der Waals surface area contributed by atoms with Crippen molar-refractivity contribution in [3.05, 3.63) is 18.2 Å². The number of aromatic nitrogens is 2. The van der Waals surface area contributed by atoms with E-state index in [1.807, 2.05) is 12.1 Å². The molecule has 1 aliphatic rings. The van der Waals surface area contributed by atoms with Gasteiger partial charge in [-0.25, -0.2) is 5.43 Å². The average molecular weight is 389 g/mol. The normalized spacial score (nSPS) is 15.9. The van der Waals surface area contributed by atoms with E-state index in [0.29, 0.717) is 33.8 Å². The number of benzene rings is 1. The second-order valence-corrected chi connectivity index (χ2v) is 6.80. The lowest BCUT2D eigenvalue weighted by atomic mass is 9.99. The van der Waals surface area contributed by atoms with Crippen LogP contribution in [0.5, 0.6) is 11.5 Å². The Balaban J connectivity index is 1.65. The molecular formula is C17H19N5O4S. The van der Waals surface area contributed by atoms with E-state index in [1.165, 1.54) is 11.3 Å². The van der Waals surface area contributed by atoms with Gasteiger partial charge in [-0.15, -0.1) is 10.2 Å². The van der Waals surface area contributed by atoms with Gasteiger partial charge in [0.05, 0.1) is 25.7 Å². The molecule has 142 valence electrons. The molecule has 27 heavy (non-hydrogen) atoms. The lowest BCUT2D eigenvalue weighted by Gasteiger charge is -2.10. The molecule has 1 aromatic carbocycles. The summed E-state index contributed by atoms with van der Waals surface area (Å²) in [6.07, 6.45) is 0.574. The second kappa shape index (κ2) is 8.12. The summed E-state index contributed by atoms with van der Waals surface area (Å²) in [6, 6.07) is 5.46. The van der Waals surface area contributed by atoms with Crippen LogP contribution in [0, 0.1) is 5.92 Å². The summed E-state index contributed by atoms with van der Waals surface area (Å²) in [4.78, 5) is 23.8. The zero-order valence-electron chi connectivity index (χ0n) is 15.1. The fourth-order valence-corrected chi connectivity index (χ4v) is 3.51. The Bertz CT molecular complexity index is 895. The Hall–Kier alpha value is -3.01. The summed E-state index contributed by atoms with van der Waals surface area (Å²) >= 11 is 1.23. The smallest absolute Gasteiger partial charge is 0.248 e. The molecule has 2 N–H and O–H groups in total. The number of carbonyl (C=O) groups excluding carboxylic acids is 2. The Morgan fingerprint density at radius 1 is 1.30 bits per heavy atom. The van der Waals surface area contributed by atoms with Crippen molar-refractivity contribution in [1.29, 1.82) is 0 Å². The summed E-state index contributed by atoms with van der Waals surface area (Å²) in [6.45, 7) is 1.76. The first-order chi connectivity index (χ1) is 13.0. The third kappa shape index (κ3) is 4.05. The highest BCUT2D eigenvalue weighted by molar-refractivity contribution is 7.18. The van der Waals surface area contributed by atoms with Crippen molar-refractivity contribution in [2.45, 2.75) is 19.8 Å². The van der Waals surface area contributed by atoms with Crippen LogP contribution in [0.25, 0.3) is 10.6 Å². The molecule has 1 atom stereocenters. The van der Waals surface area contributed by atoms with E-state index in [0.717, 1.165) is 5.56 Å². The molecule has 9 nitrogen and oxygen atoms in total. The minimum Gasteiger partial charge on any atom is -0.493 e. The Labute approximate surface area is 159 Å². The maximum Gasteiger partial charge on any atom is 0.248 e. The molecule has 0 fully saturated rings. The number of hydrogen-bond acceptors (Lipinski definition) is 8. The van der Waals surface area contributed by atoms with E-state index in [2.05, 4.69) is 26.0 Å². The van der Waals surface area contributed by atoms with Crippen molar-refractivity contribution in [2.24, 2.45) is 11.0 Å². The number of carbonyl (C=O) groups is 2. The Kier molecular flexibility index (Phi) is 5.65. The lowest BCUT2D eigenvalue weighted by Crippen LogP contribution is -2.24. The fourth-order valence-electron chi connectivity index (χ4n) is 2.72. The molecule has 0 saturated heterocycles. The van der Waals surface area contributed by atoms with Crippen molar-refractivity contribution in [3.63, 3.8) is 0 Å². The van der Waals surface area contributed by atoms with Crippen molar-refractivity contribution >= 4 is 34.0 Å². The molecule has 1 unspecified atom stereocenters. The predicted molar refractivity (Wildman–Crippen MR) is 101 cm³/mol. The predicted octanol–water partition coefficient (Wildman–Crippen LogP) is 2.06. The number of nitrogens with zero attached hydrogens (tertiary/aromatic N) is 3. The van der Waals surface area contributed by atoms with Crippen LogP contribution in [-0.2, 0) is 9.59 Å². The zero-order valence-corrected chi connectivity index (χ0v) is 15.9. The molecule has 0 radical (unpaired) electrons. The van der Waals surface area contributed by atoms with Gasteiger partial charge in [0.25, 0.3) is 0 Å². The van der Waals surface area contributed by atoms with Crippen molar-refractivity contribution in [3.8, 4) is 22.1 Å². The topological polar surface area (TPSA) is 115 Å². The van der Waals surface area contributed by atoms with Crippen LogP contribution in [0.15, 0.2) is 23.3 Å². The van der Waals surface area contributed by atoms with E-state index in [9.17, 15) is 9.59 Å². The molecule has 0 bridgehead atoms. The molecule has 0 spiro atoms.